The van der Waals surface area contributed by atoms with Gasteiger partial charge in [0.15, 0.2) is 0 Å². The maximum Gasteiger partial charge on any atom is 0.260 e. The second-order valence-corrected chi connectivity index (χ2v) is 4.94. The van der Waals surface area contributed by atoms with Crippen LogP contribution >= 0.6 is 0 Å². The van der Waals surface area contributed by atoms with Gasteiger partial charge in [0.2, 0.25) is 0 Å². The first-order valence-electron chi connectivity index (χ1n) is 5.50. The van der Waals surface area contributed by atoms with Crippen molar-refractivity contribution >= 4 is 5.91 Å². The highest BCUT2D eigenvalue weighted by molar-refractivity contribution is 5.93. The molecule has 3 N–H and O–H groups in total. The van der Waals surface area contributed by atoms with Gasteiger partial charge in [-0.15, -0.1) is 0 Å². The minimum atomic E-state index is -0.366. The van der Waals surface area contributed by atoms with Crippen LogP contribution in [0.1, 0.15) is 24.2 Å². The molecule has 0 fully saturated rings. The second-order valence-electron chi connectivity index (χ2n) is 4.94. The Kier molecular flexibility index (Phi) is 4.07. The number of nitrogens with one attached hydrogen (secondary N) is 1. The number of H-pyrrole nitrogens is 1. The Balaban J connectivity index is 2.85. The highest BCUT2D eigenvalue weighted by Gasteiger charge is 2.22. The lowest BCUT2D eigenvalue weighted by Crippen LogP contribution is -2.41. The van der Waals surface area contributed by atoms with Crippen molar-refractivity contribution in [3.63, 3.8) is 0 Å². The number of carbonyl (C=O) groups excluding carboxylic acids is 1. The number of pyridine rings is 1. The van der Waals surface area contributed by atoms with Crippen LogP contribution in [-0.2, 0) is 0 Å². The van der Waals surface area contributed by atoms with Crippen molar-refractivity contribution in [1.29, 1.82) is 0 Å². The standard InChI is InChI=1S/C12H19N3O2/c1-12(2,7-13)8-15(3)11(17)9-5-4-6-14-10(9)16/h4-6H,7-8,13H2,1-3H3,(H,14,16). The third-order valence-electron chi connectivity index (χ3n) is 2.61. The van der Waals surface area contributed by atoms with Crippen LogP contribution in [0.4, 0.5) is 0 Å². The van der Waals surface area contributed by atoms with Gasteiger partial charge in [-0.1, -0.05) is 13.8 Å². The van der Waals surface area contributed by atoms with Crippen LogP contribution < -0.4 is 11.3 Å². The smallest absolute Gasteiger partial charge is 0.260 e. The summed E-state index contributed by atoms with van der Waals surface area (Å²) < 4.78 is 0. The van der Waals surface area contributed by atoms with Crippen molar-refractivity contribution in [1.82, 2.24) is 9.88 Å². The van der Waals surface area contributed by atoms with Crippen LogP contribution in [0.15, 0.2) is 23.1 Å². The monoisotopic (exact) mass is 237 g/mol. The molecule has 5 heteroatoms. The number of hydrogen-bond acceptors (Lipinski definition) is 3. The van der Waals surface area contributed by atoms with Crippen LogP contribution in [0.5, 0.6) is 0 Å². The van der Waals surface area contributed by atoms with E-state index in [0.717, 1.165) is 0 Å². The SMILES string of the molecule is CN(CC(C)(C)CN)C(=O)c1ccc[nH]c1=O. The Bertz CT molecular complexity index is 451. The third-order valence-corrected chi connectivity index (χ3v) is 2.61. The molecule has 0 radical (unpaired) electrons. The van der Waals surface area contributed by atoms with Crippen molar-refractivity contribution in [2.45, 2.75) is 13.8 Å². The van der Waals surface area contributed by atoms with Gasteiger partial charge in [-0.3, -0.25) is 9.59 Å². The highest BCUT2D eigenvalue weighted by Crippen LogP contribution is 2.14. The fraction of sp³-hybridized carbons (Fsp3) is 0.500. The van der Waals surface area contributed by atoms with Crippen LogP contribution in [0, 0.1) is 5.41 Å². The van der Waals surface area contributed by atoms with Gasteiger partial charge in [0, 0.05) is 19.8 Å². The first-order valence-corrected chi connectivity index (χ1v) is 5.50. The van der Waals surface area contributed by atoms with E-state index in [1.165, 1.54) is 17.2 Å². The molecule has 0 unspecified atom stereocenters. The molecule has 0 aromatic carbocycles. The summed E-state index contributed by atoms with van der Waals surface area (Å²) in [6.07, 6.45) is 1.50. The molecule has 94 valence electrons. The van der Waals surface area contributed by atoms with Gasteiger partial charge in [0.1, 0.15) is 5.56 Å². The van der Waals surface area contributed by atoms with Gasteiger partial charge in [-0.25, -0.2) is 0 Å². The number of amides is 1. The molecular weight excluding hydrogens is 218 g/mol. The quantitative estimate of drug-likeness (QED) is 0.797. The molecule has 1 rings (SSSR count). The highest BCUT2D eigenvalue weighted by atomic mass is 16.2. The topological polar surface area (TPSA) is 79.2 Å². The number of aromatic amines is 1. The van der Waals surface area contributed by atoms with E-state index >= 15 is 0 Å². The first-order chi connectivity index (χ1) is 7.87. The van der Waals surface area contributed by atoms with Crippen molar-refractivity contribution in [3.05, 3.63) is 34.2 Å². The number of hydrogen-bond donors (Lipinski definition) is 2. The predicted molar refractivity (Wildman–Crippen MR) is 66.9 cm³/mol. The number of nitrogens with zero attached hydrogens (tertiary/aromatic N) is 1. The van der Waals surface area contributed by atoms with E-state index in [2.05, 4.69) is 4.98 Å². The molecule has 0 saturated heterocycles. The van der Waals surface area contributed by atoms with Crippen molar-refractivity contribution in [2.75, 3.05) is 20.1 Å². The number of carbonyl (C=O) groups is 1. The zero-order valence-corrected chi connectivity index (χ0v) is 10.5. The average molecular weight is 237 g/mol. The largest absolute Gasteiger partial charge is 0.341 e. The van der Waals surface area contributed by atoms with Gasteiger partial charge < -0.3 is 15.6 Å². The van der Waals surface area contributed by atoms with Gasteiger partial charge >= 0.3 is 0 Å². The van der Waals surface area contributed by atoms with Crippen LogP contribution in [-0.4, -0.2) is 35.9 Å². The van der Waals surface area contributed by atoms with Crippen molar-refractivity contribution < 1.29 is 4.79 Å². The summed E-state index contributed by atoms with van der Waals surface area (Å²) in [4.78, 5) is 27.5. The van der Waals surface area contributed by atoms with Crippen molar-refractivity contribution in [3.8, 4) is 0 Å². The molecule has 1 amide bonds. The normalized spacial score (nSPS) is 11.3. The molecule has 0 aliphatic carbocycles. The molecule has 0 saturated carbocycles. The molecule has 0 atom stereocenters. The molecule has 0 aliphatic rings. The molecule has 17 heavy (non-hydrogen) atoms. The Morgan fingerprint density at radius 3 is 2.71 bits per heavy atom. The van der Waals surface area contributed by atoms with Gasteiger partial charge in [-0.2, -0.15) is 0 Å². The van der Waals surface area contributed by atoms with Crippen LogP contribution in [0.2, 0.25) is 0 Å². The van der Waals surface area contributed by atoms with E-state index in [-0.39, 0.29) is 22.4 Å². The lowest BCUT2D eigenvalue weighted by Gasteiger charge is -2.28. The van der Waals surface area contributed by atoms with E-state index in [1.54, 1.807) is 13.1 Å². The van der Waals surface area contributed by atoms with Gasteiger partial charge in [0.05, 0.1) is 0 Å². The first kappa shape index (κ1) is 13.4. The Labute approximate surface area is 101 Å². The minimum Gasteiger partial charge on any atom is -0.341 e. The zero-order valence-electron chi connectivity index (χ0n) is 10.5. The molecule has 5 nitrogen and oxygen atoms in total. The lowest BCUT2D eigenvalue weighted by molar-refractivity contribution is 0.0739. The molecular formula is C12H19N3O2. The number of rotatable bonds is 4. The van der Waals surface area contributed by atoms with E-state index < -0.39 is 0 Å². The molecule has 1 heterocycles. The molecule has 0 spiro atoms. The molecule has 1 aromatic rings. The fourth-order valence-electron chi connectivity index (χ4n) is 1.57. The van der Waals surface area contributed by atoms with E-state index in [4.69, 9.17) is 5.73 Å². The molecule has 0 aliphatic heterocycles. The zero-order chi connectivity index (χ0) is 13.1. The Morgan fingerprint density at radius 2 is 2.18 bits per heavy atom. The van der Waals surface area contributed by atoms with E-state index in [0.29, 0.717) is 13.1 Å². The lowest BCUT2D eigenvalue weighted by atomic mass is 9.93. The van der Waals surface area contributed by atoms with Gasteiger partial charge in [-0.05, 0) is 24.1 Å². The van der Waals surface area contributed by atoms with Gasteiger partial charge in [0.25, 0.3) is 11.5 Å². The second kappa shape index (κ2) is 5.14. The van der Waals surface area contributed by atoms with Crippen LogP contribution in [0.25, 0.3) is 0 Å². The maximum absolute atomic E-state index is 12.0. The summed E-state index contributed by atoms with van der Waals surface area (Å²) in [6.45, 7) is 4.95. The Morgan fingerprint density at radius 1 is 1.53 bits per heavy atom. The van der Waals surface area contributed by atoms with E-state index in [1.807, 2.05) is 13.8 Å². The van der Waals surface area contributed by atoms with Crippen molar-refractivity contribution in [2.24, 2.45) is 11.1 Å². The summed E-state index contributed by atoms with van der Waals surface area (Å²) in [7, 11) is 1.67. The summed E-state index contributed by atoms with van der Waals surface area (Å²) >= 11 is 0. The average Bonchev–Trinajstić information content (AvgIpc) is 2.28. The Hall–Kier alpha value is -1.62. The number of aromatic nitrogens is 1. The van der Waals surface area contributed by atoms with E-state index in [9.17, 15) is 9.59 Å². The summed E-state index contributed by atoms with van der Waals surface area (Å²) in [6, 6.07) is 3.16. The molecule has 0 bridgehead atoms. The number of nitrogens with two attached hydrogens (primary N) is 1. The summed E-state index contributed by atoms with van der Waals surface area (Å²) in [5.41, 5.74) is 5.25. The predicted octanol–water partition coefficient (Wildman–Crippen LogP) is 0.432. The summed E-state index contributed by atoms with van der Waals surface area (Å²) in [5.74, 6) is -0.284. The van der Waals surface area contributed by atoms with Crippen LogP contribution in [0.3, 0.4) is 0 Å². The minimum absolute atomic E-state index is 0.155. The molecule has 1 aromatic heterocycles. The third kappa shape index (κ3) is 3.42. The summed E-state index contributed by atoms with van der Waals surface area (Å²) in [5, 5.41) is 0. The fourth-order valence-corrected chi connectivity index (χ4v) is 1.57. The maximum atomic E-state index is 12.0.